The van der Waals surface area contributed by atoms with Gasteiger partial charge in [-0.3, -0.25) is 18.7 Å². The van der Waals surface area contributed by atoms with Gasteiger partial charge in [-0.25, -0.2) is 0 Å². The number of aliphatic carboxylic acids is 2. The standard InChI is InChI=1S/C13H23NO6.H2O4S/c1-14(2,3)9-10(8-12(17)18)20-13(19)7-5-4-6-11(15)16;1-5(2,3)4/h10H,4-9H2,1-3H3,(H-,15,16,17,18);(H2,1,2,3,4). The molecule has 0 rings (SSSR count). The zero-order valence-electron chi connectivity index (χ0n) is 14.4. The van der Waals surface area contributed by atoms with Crippen molar-refractivity contribution in [3.05, 3.63) is 0 Å². The van der Waals surface area contributed by atoms with Crippen LogP contribution < -0.4 is 5.11 Å². The number of esters is 1. The molecule has 25 heavy (non-hydrogen) atoms. The predicted octanol–water partition coefficient (Wildman–Crippen LogP) is -1.26. The third kappa shape index (κ3) is 27.4. The minimum atomic E-state index is -4.67. The van der Waals surface area contributed by atoms with Crippen LogP contribution in [0.25, 0.3) is 0 Å². The Bertz CT molecular complexity index is 530. The molecule has 12 heteroatoms. The molecule has 0 aromatic carbocycles. The molecule has 0 heterocycles. The number of hydrogen-bond donors (Lipinski definition) is 3. The van der Waals surface area contributed by atoms with Crippen LogP contribution in [0.15, 0.2) is 0 Å². The summed E-state index contributed by atoms with van der Waals surface area (Å²) in [7, 11) is 0.926. The van der Waals surface area contributed by atoms with Crippen LogP contribution in [-0.2, 0) is 29.5 Å². The third-order valence-electron chi connectivity index (χ3n) is 2.47. The van der Waals surface area contributed by atoms with Crippen molar-refractivity contribution in [3.63, 3.8) is 0 Å². The number of carboxylic acids is 2. The van der Waals surface area contributed by atoms with Crippen molar-refractivity contribution in [3.8, 4) is 0 Å². The molecule has 0 aliphatic heterocycles. The Morgan fingerprint density at radius 3 is 1.88 bits per heavy atom. The lowest BCUT2D eigenvalue weighted by Gasteiger charge is -2.29. The molecule has 1 unspecified atom stereocenters. The van der Waals surface area contributed by atoms with Gasteiger partial charge in [-0.2, -0.15) is 8.42 Å². The van der Waals surface area contributed by atoms with Gasteiger partial charge in [0, 0.05) is 25.2 Å². The van der Waals surface area contributed by atoms with Gasteiger partial charge in [0.05, 0.1) is 21.1 Å². The summed E-state index contributed by atoms with van der Waals surface area (Å²) in [6, 6.07) is 0. The van der Waals surface area contributed by atoms with E-state index < -0.39 is 34.4 Å². The van der Waals surface area contributed by atoms with Crippen LogP contribution in [0, 0.1) is 0 Å². The van der Waals surface area contributed by atoms with E-state index in [4.69, 9.17) is 27.4 Å². The van der Waals surface area contributed by atoms with Crippen molar-refractivity contribution >= 4 is 28.3 Å². The highest BCUT2D eigenvalue weighted by atomic mass is 32.3. The van der Waals surface area contributed by atoms with Gasteiger partial charge in [-0.15, -0.1) is 0 Å². The molecule has 0 aliphatic rings. The summed E-state index contributed by atoms with van der Waals surface area (Å²) >= 11 is 0. The van der Waals surface area contributed by atoms with Crippen LogP contribution in [0.2, 0.25) is 0 Å². The average molecular weight is 387 g/mol. The number of carboxylic acid groups (broad SMARTS) is 2. The molecule has 3 N–H and O–H groups in total. The Balaban J connectivity index is 0. The zero-order chi connectivity index (χ0) is 20.3. The van der Waals surface area contributed by atoms with E-state index in [9.17, 15) is 19.5 Å². The lowest BCUT2D eigenvalue weighted by Crippen LogP contribution is -2.45. The quantitative estimate of drug-likeness (QED) is 0.177. The molecule has 0 aromatic heterocycles. The first kappa shape index (κ1) is 25.5. The largest absolute Gasteiger partial charge is 0.550 e. The van der Waals surface area contributed by atoms with Gasteiger partial charge in [-0.05, 0) is 12.8 Å². The van der Waals surface area contributed by atoms with E-state index in [0.29, 0.717) is 23.9 Å². The first-order valence-electron chi connectivity index (χ1n) is 7.21. The molecule has 0 fully saturated rings. The summed E-state index contributed by atoms with van der Waals surface area (Å²) < 4.78 is 37.2. The van der Waals surface area contributed by atoms with Crippen LogP contribution >= 0.6 is 0 Å². The molecule has 148 valence electrons. The van der Waals surface area contributed by atoms with Gasteiger partial charge in [0.15, 0.2) is 6.10 Å². The average Bonchev–Trinajstić information content (AvgIpc) is 2.29. The highest BCUT2D eigenvalue weighted by Crippen LogP contribution is 2.08. The molecule has 1 atom stereocenters. The maximum Gasteiger partial charge on any atom is 0.394 e. The zero-order valence-corrected chi connectivity index (χ0v) is 15.2. The second-order valence-electron chi connectivity index (χ2n) is 6.21. The number of ether oxygens (including phenoxy) is 1. The van der Waals surface area contributed by atoms with E-state index in [1.807, 2.05) is 21.1 Å². The fraction of sp³-hybridized carbons (Fsp3) is 0.769. The summed E-state index contributed by atoms with van der Waals surface area (Å²) in [5, 5.41) is 19.1. The number of rotatable bonds is 10. The minimum Gasteiger partial charge on any atom is -0.550 e. The summed E-state index contributed by atoms with van der Waals surface area (Å²) in [4.78, 5) is 32.5. The van der Waals surface area contributed by atoms with Crippen LogP contribution in [0.5, 0.6) is 0 Å². The molecule has 11 nitrogen and oxygen atoms in total. The van der Waals surface area contributed by atoms with E-state index >= 15 is 0 Å². The van der Waals surface area contributed by atoms with Crippen LogP contribution in [0.1, 0.15) is 32.1 Å². The Labute approximate surface area is 146 Å². The first-order chi connectivity index (χ1) is 11.1. The molecule has 0 spiro atoms. The molecule has 0 radical (unpaired) electrons. The minimum absolute atomic E-state index is 0.00857. The molecule has 0 aliphatic carbocycles. The number of quaternary nitrogens is 1. The molecule has 0 aromatic rings. The molecule has 0 amide bonds. The molecule has 0 bridgehead atoms. The Hall–Kier alpha value is -1.76. The lowest BCUT2D eigenvalue weighted by molar-refractivity contribution is -0.873. The predicted molar refractivity (Wildman–Crippen MR) is 82.7 cm³/mol. The summed E-state index contributed by atoms with van der Waals surface area (Å²) in [6.45, 7) is 0.370. The fourth-order valence-corrected chi connectivity index (χ4v) is 1.73. The Kier molecular flexibility index (Phi) is 12.0. The lowest BCUT2D eigenvalue weighted by atomic mass is 10.2. The van der Waals surface area contributed by atoms with Crippen LogP contribution in [-0.4, -0.2) is 78.8 Å². The summed E-state index contributed by atoms with van der Waals surface area (Å²) in [5.41, 5.74) is 0. The van der Waals surface area contributed by atoms with Crippen molar-refractivity contribution in [1.82, 2.24) is 0 Å². The normalized spacial score (nSPS) is 12.5. The molecule has 0 saturated heterocycles. The van der Waals surface area contributed by atoms with Crippen molar-refractivity contribution < 1.29 is 51.3 Å². The maximum atomic E-state index is 11.6. The molecular weight excluding hydrogens is 362 g/mol. The Morgan fingerprint density at radius 2 is 1.52 bits per heavy atom. The van der Waals surface area contributed by atoms with E-state index in [1.165, 1.54) is 0 Å². The fourth-order valence-electron chi connectivity index (χ4n) is 1.73. The van der Waals surface area contributed by atoms with Gasteiger partial charge in [-0.1, -0.05) is 0 Å². The monoisotopic (exact) mass is 387 g/mol. The summed E-state index contributed by atoms with van der Waals surface area (Å²) in [5.74, 6) is -2.67. The topological polar surface area (TPSA) is 178 Å². The van der Waals surface area contributed by atoms with Crippen molar-refractivity contribution in [2.75, 3.05) is 27.7 Å². The number of carbonyl (C=O) groups is 3. The first-order valence-corrected chi connectivity index (χ1v) is 8.61. The van der Waals surface area contributed by atoms with Crippen LogP contribution in [0.4, 0.5) is 0 Å². The van der Waals surface area contributed by atoms with Crippen molar-refractivity contribution in [1.29, 1.82) is 0 Å². The van der Waals surface area contributed by atoms with Gasteiger partial charge < -0.3 is 24.2 Å². The van der Waals surface area contributed by atoms with Gasteiger partial charge in [0.25, 0.3) is 0 Å². The third-order valence-corrected chi connectivity index (χ3v) is 2.47. The highest BCUT2D eigenvalue weighted by Gasteiger charge is 2.22. The number of hydrogen-bond acceptors (Lipinski definition) is 7. The van der Waals surface area contributed by atoms with Crippen molar-refractivity contribution in [2.45, 2.75) is 38.2 Å². The highest BCUT2D eigenvalue weighted by molar-refractivity contribution is 7.79. The van der Waals surface area contributed by atoms with Crippen LogP contribution in [0.3, 0.4) is 0 Å². The Morgan fingerprint density at radius 1 is 1.08 bits per heavy atom. The molecular formula is C13H25NO10S. The van der Waals surface area contributed by atoms with Gasteiger partial charge in [0.2, 0.25) is 0 Å². The van der Waals surface area contributed by atoms with Gasteiger partial charge >= 0.3 is 22.3 Å². The number of likely N-dealkylation sites (N-methyl/N-ethyl adjacent to an activating group) is 1. The van der Waals surface area contributed by atoms with E-state index in [2.05, 4.69) is 0 Å². The summed E-state index contributed by atoms with van der Waals surface area (Å²) in [6.07, 6.45) is -0.163. The van der Waals surface area contributed by atoms with E-state index in [0.717, 1.165) is 0 Å². The van der Waals surface area contributed by atoms with Crippen molar-refractivity contribution in [2.24, 2.45) is 0 Å². The molecule has 0 saturated carbocycles. The number of nitrogens with zero attached hydrogens (tertiary/aromatic N) is 1. The van der Waals surface area contributed by atoms with E-state index in [-0.39, 0.29) is 19.3 Å². The number of unbranched alkanes of at least 4 members (excludes halogenated alkanes) is 1. The maximum absolute atomic E-state index is 11.6. The second kappa shape index (κ2) is 11.7. The van der Waals surface area contributed by atoms with Gasteiger partial charge in [0.1, 0.15) is 6.54 Å². The second-order valence-corrected chi connectivity index (χ2v) is 7.11. The number of carbonyl (C=O) groups excluding carboxylic acids is 2. The SMILES string of the molecule is C[N+](C)(C)CC(CC(=O)[O-])OC(=O)CCCCC(=O)O.O=S(=O)(O)O. The van der Waals surface area contributed by atoms with E-state index in [1.54, 1.807) is 0 Å². The smallest absolute Gasteiger partial charge is 0.394 e.